The van der Waals surface area contributed by atoms with Crippen molar-refractivity contribution in [3.05, 3.63) is 23.8 Å². The minimum Gasteiger partial charge on any atom is -0.493 e. The number of benzene rings is 1. The van der Waals surface area contributed by atoms with E-state index in [1.165, 1.54) is 5.56 Å². The van der Waals surface area contributed by atoms with Gasteiger partial charge in [0.15, 0.2) is 11.5 Å². The fourth-order valence-corrected chi connectivity index (χ4v) is 3.79. The molecule has 0 saturated heterocycles. The van der Waals surface area contributed by atoms with E-state index in [0.717, 1.165) is 43.6 Å². The van der Waals surface area contributed by atoms with E-state index in [1.807, 2.05) is 13.0 Å². The first-order valence-electron chi connectivity index (χ1n) is 11.3. The van der Waals surface area contributed by atoms with Gasteiger partial charge in [-0.1, -0.05) is 26.8 Å². The minimum atomic E-state index is -0.421. The summed E-state index contributed by atoms with van der Waals surface area (Å²) in [4.78, 5) is 11.7. The maximum Gasteiger partial charge on any atom is 0.161 e. The number of methoxy groups -OCH3 is 2. The number of Topliss-reactive ketones (excluding diaryl/α,β-unsaturated/α-hetero) is 1. The highest BCUT2D eigenvalue weighted by Crippen LogP contribution is 2.31. The number of ether oxygens (including phenoxy) is 3. The molecule has 0 aliphatic rings. The Morgan fingerprint density at radius 3 is 2.40 bits per heavy atom. The average molecular weight is 423 g/mol. The van der Waals surface area contributed by atoms with Gasteiger partial charge in [-0.3, -0.25) is 4.79 Å². The Bertz CT molecular complexity index is 614. The van der Waals surface area contributed by atoms with Gasteiger partial charge >= 0.3 is 0 Å². The van der Waals surface area contributed by atoms with Gasteiger partial charge in [0, 0.05) is 26.1 Å². The van der Waals surface area contributed by atoms with Gasteiger partial charge in [-0.25, -0.2) is 0 Å². The van der Waals surface area contributed by atoms with E-state index in [0.29, 0.717) is 31.5 Å². The Kier molecular flexibility index (Phi) is 12.7. The van der Waals surface area contributed by atoms with E-state index in [9.17, 15) is 9.90 Å². The zero-order valence-corrected chi connectivity index (χ0v) is 19.8. The van der Waals surface area contributed by atoms with Gasteiger partial charge in [0.1, 0.15) is 5.78 Å². The van der Waals surface area contributed by atoms with Gasteiger partial charge in [0.2, 0.25) is 0 Å². The molecule has 1 N–H and O–H groups in total. The van der Waals surface area contributed by atoms with Gasteiger partial charge in [0.25, 0.3) is 0 Å². The normalized spacial score (nSPS) is 14.4. The Morgan fingerprint density at radius 1 is 1.10 bits per heavy atom. The third kappa shape index (κ3) is 9.48. The number of aliphatic hydroxyl groups is 1. The number of carbonyl (C=O) groups is 1. The fourth-order valence-electron chi connectivity index (χ4n) is 3.79. The van der Waals surface area contributed by atoms with Crippen molar-refractivity contribution >= 4 is 5.78 Å². The maximum atomic E-state index is 11.7. The zero-order chi connectivity index (χ0) is 22.5. The van der Waals surface area contributed by atoms with Crippen molar-refractivity contribution < 1.29 is 24.1 Å². The van der Waals surface area contributed by atoms with Gasteiger partial charge < -0.3 is 19.3 Å². The summed E-state index contributed by atoms with van der Waals surface area (Å²) in [7, 11) is 3.34. The molecule has 3 atom stereocenters. The molecule has 5 nitrogen and oxygen atoms in total. The molecule has 0 amide bonds. The van der Waals surface area contributed by atoms with Crippen LogP contribution in [0.5, 0.6) is 11.5 Å². The van der Waals surface area contributed by atoms with Crippen LogP contribution in [0, 0.1) is 17.8 Å². The first-order valence-corrected chi connectivity index (χ1v) is 11.3. The Labute approximate surface area is 183 Å². The molecule has 0 aliphatic heterocycles. The first-order chi connectivity index (χ1) is 14.3. The molecule has 0 aromatic heterocycles. The van der Waals surface area contributed by atoms with E-state index in [-0.39, 0.29) is 11.7 Å². The first kappa shape index (κ1) is 26.4. The van der Waals surface area contributed by atoms with Crippen molar-refractivity contribution in [2.24, 2.45) is 17.8 Å². The second-order valence-electron chi connectivity index (χ2n) is 8.57. The molecular formula is C25H42O5. The standard InChI is InChI=1S/C25H42O5/c1-7-21(19(4)26)17-23(27)11-10-22(18(2)3)15-20-9-12-24(29-6)25(16-20)30-14-8-13-28-5/h9,12,16,18,21-23,27H,7-8,10-11,13-15,17H2,1-6H3/t21-,22?,23-/m1/s1. The molecule has 1 aromatic carbocycles. The second kappa shape index (κ2) is 14.4. The van der Waals surface area contributed by atoms with Gasteiger partial charge in [0.05, 0.1) is 19.8 Å². The quantitative estimate of drug-likeness (QED) is 0.377. The third-order valence-corrected chi connectivity index (χ3v) is 5.91. The van der Waals surface area contributed by atoms with Crippen molar-refractivity contribution in [2.75, 3.05) is 27.4 Å². The summed E-state index contributed by atoms with van der Waals surface area (Å²) < 4.78 is 16.4. The molecular weight excluding hydrogens is 380 g/mol. The van der Waals surface area contributed by atoms with Gasteiger partial charge in [-0.2, -0.15) is 0 Å². The molecule has 1 rings (SSSR count). The van der Waals surface area contributed by atoms with Crippen molar-refractivity contribution in [1.29, 1.82) is 0 Å². The van der Waals surface area contributed by atoms with Gasteiger partial charge in [-0.15, -0.1) is 0 Å². The van der Waals surface area contributed by atoms with Crippen molar-refractivity contribution in [2.45, 2.75) is 72.3 Å². The SMILES string of the molecule is CC[C@H](C[C@H](O)CCC(Cc1ccc(OC)c(OCCCOC)c1)C(C)C)C(C)=O. The lowest BCUT2D eigenvalue weighted by Crippen LogP contribution is -2.21. The lowest BCUT2D eigenvalue weighted by atomic mass is 9.83. The molecule has 0 fully saturated rings. The molecule has 1 aromatic rings. The second-order valence-corrected chi connectivity index (χ2v) is 8.57. The molecule has 172 valence electrons. The van der Waals surface area contributed by atoms with E-state index in [2.05, 4.69) is 26.0 Å². The lowest BCUT2D eigenvalue weighted by Gasteiger charge is -2.24. The molecule has 0 radical (unpaired) electrons. The molecule has 0 saturated carbocycles. The van der Waals surface area contributed by atoms with Crippen LogP contribution in [0.25, 0.3) is 0 Å². The molecule has 0 aliphatic carbocycles. The smallest absolute Gasteiger partial charge is 0.161 e. The molecule has 0 heterocycles. The van der Waals surface area contributed by atoms with Crippen molar-refractivity contribution in [3.63, 3.8) is 0 Å². The maximum absolute atomic E-state index is 11.7. The fraction of sp³-hybridized carbons (Fsp3) is 0.720. The van der Waals surface area contributed by atoms with Crippen LogP contribution in [0.4, 0.5) is 0 Å². The highest BCUT2D eigenvalue weighted by molar-refractivity contribution is 5.78. The predicted octanol–water partition coefficient (Wildman–Crippen LogP) is 5.07. The van der Waals surface area contributed by atoms with E-state index < -0.39 is 6.10 Å². The molecule has 0 bridgehead atoms. The molecule has 0 spiro atoms. The third-order valence-electron chi connectivity index (χ3n) is 5.91. The Hall–Kier alpha value is -1.59. The minimum absolute atomic E-state index is 0.0306. The Balaban J connectivity index is 2.72. The summed E-state index contributed by atoms with van der Waals surface area (Å²) in [6, 6.07) is 6.13. The van der Waals surface area contributed by atoms with E-state index in [1.54, 1.807) is 21.1 Å². The number of hydrogen-bond donors (Lipinski definition) is 1. The predicted molar refractivity (Wildman–Crippen MR) is 121 cm³/mol. The van der Waals surface area contributed by atoms with Crippen LogP contribution in [0.3, 0.4) is 0 Å². The largest absolute Gasteiger partial charge is 0.493 e. The van der Waals surface area contributed by atoms with Crippen LogP contribution < -0.4 is 9.47 Å². The van der Waals surface area contributed by atoms with Crippen LogP contribution in [0.15, 0.2) is 18.2 Å². The van der Waals surface area contributed by atoms with Crippen LogP contribution in [0.1, 0.15) is 65.4 Å². The number of rotatable bonds is 16. The topological polar surface area (TPSA) is 65.0 Å². The van der Waals surface area contributed by atoms with Crippen molar-refractivity contribution in [3.8, 4) is 11.5 Å². The average Bonchev–Trinajstić information content (AvgIpc) is 2.72. The van der Waals surface area contributed by atoms with Crippen molar-refractivity contribution in [1.82, 2.24) is 0 Å². The van der Waals surface area contributed by atoms with Crippen LogP contribution in [0.2, 0.25) is 0 Å². The highest BCUT2D eigenvalue weighted by Gasteiger charge is 2.20. The lowest BCUT2D eigenvalue weighted by molar-refractivity contribution is -0.121. The molecule has 30 heavy (non-hydrogen) atoms. The number of hydrogen-bond acceptors (Lipinski definition) is 5. The summed E-state index contributed by atoms with van der Waals surface area (Å²) in [6.07, 6.45) is 4.35. The van der Waals surface area contributed by atoms with Crippen LogP contribution in [-0.4, -0.2) is 44.4 Å². The highest BCUT2D eigenvalue weighted by atomic mass is 16.5. The van der Waals surface area contributed by atoms with Crippen LogP contribution >= 0.6 is 0 Å². The van der Waals surface area contributed by atoms with Gasteiger partial charge in [-0.05, 0) is 68.6 Å². The van der Waals surface area contributed by atoms with E-state index >= 15 is 0 Å². The zero-order valence-electron chi connectivity index (χ0n) is 19.8. The number of aliphatic hydroxyl groups excluding tert-OH is 1. The molecule has 1 unspecified atom stereocenters. The molecule has 5 heteroatoms. The number of ketones is 1. The Morgan fingerprint density at radius 2 is 1.83 bits per heavy atom. The summed E-state index contributed by atoms with van der Waals surface area (Å²) in [5.41, 5.74) is 1.21. The number of carbonyl (C=O) groups excluding carboxylic acids is 1. The summed E-state index contributed by atoms with van der Waals surface area (Å²) >= 11 is 0. The summed E-state index contributed by atoms with van der Waals surface area (Å²) in [5.74, 6) is 2.60. The summed E-state index contributed by atoms with van der Waals surface area (Å²) in [6.45, 7) is 9.34. The summed E-state index contributed by atoms with van der Waals surface area (Å²) in [5, 5.41) is 10.5. The van der Waals surface area contributed by atoms with E-state index in [4.69, 9.17) is 14.2 Å². The van der Waals surface area contributed by atoms with Crippen LogP contribution in [-0.2, 0) is 16.0 Å². The monoisotopic (exact) mass is 422 g/mol.